The minimum atomic E-state index is 0.0388. The van der Waals surface area contributed by atoms with Gasteiger partial charge in [-0.05, 0) is 52.0 Å². The number of benzene rings is 1. The Morgan fingerprint density at radius 1 is 1.09 bits per heavy atom. The molecule has 0 saturated carbocycles. The number of anilines is 1. The molecule has 0 atom stereocenters. The van der Waals surface area contributed by atoms with Gasteiger partial charge in [0.2, 0.25) is 0 Å². The number of thiophene rings is 1. The van der Waals surface area contributed by atoms with Crippen molar-refractivity contribution < 1.29 is 9.53 Å². The van der Waals surface area contributed by atoms with Crippen LogP contribution in [0.3, 0.4) is 0 Å². The average Bonchev–Trinajstić information content (AvgIpc) is 3.45. The quantitative estimate of drug-likeness (QED) is 0.379. The molecule has 3 aromatic heterocycles. The van der Waals surface area contributed by atoms with Crippen LogP contribution >= 0.6 is 11.3 Å². The Hall–Kier alpha value is -3.39. The number of fused-ring (bicyclic) bond motifs is 1. The van der Waals surface area contributed by atoms with Gasteiger partial charge in [0.25, 0.3) is 5.91 Å². The zero-order valence-corrected chi connectivity index (χ0v) is 21.7. The van der Waals surface area contributed by atoms with Crippen LogP contribution in [0.1, 0.15) is 40.0 Å². The van der Waals surface area contributed by atoms with E-state index in [0.717, 1.165) is 46.8 Å². The molecule has 5 rings (SSSR count). The van der Waals surface area contributed by atoms with Gasteiger partial charge in [-0.25, -0.2) is 9.67 Å². The SMILES string of the molecule is COc1cccc(N2CCN(C(=O)c3cc(-c4cc(C)sc4C)nc4c3cnn4C(C)C)CC2)c1. The van der Waals surface area contributed by atoms with E-state index >= 15 is 0 Å². The van der Waals surface area contributed by atoms with Crippen LogP contribution in [0.25, 0.3) is 22.3 Å². The predicted octanol–water partition coefficient (Wildman–Crippen LogP) is 5.33. The van der Waals surface area contributed by atoms with Gasteiger partial charge in [-0.3, -0.25) is 4.79 Å². The van der Waals surface area contributed by atoms with Gasteiger partial charge in [-0.15, -0.1) is 11.3 Å². The van der Waals surface area contributed by atoms with Crippen LogP contribution in [0, 0.1) is 13.8 Å². The largest absolute Gasteiger partial charge is 0.497 e. The summed E-state index contributed by atoms with van der Waals surface area (Å²) in [6, 6.07) is 12.3. The normalized spacial score (nSPS) is 14.2. The molecular formula is C27H31N5O2S. The lowest BCUT2D eigenvalue weighted by atomic mass is 10.1. The van der Waals surface area contributed by atoms with Crippen molar-refractivity contribution >= 4 is 34.0 Å². The molecule has 0 radical (unpaired) electrons. The molecule has 1 saturated heterocycles. The van der Waals surface area contributed by atoms with E-state index in [9.17, 15) is 4.79 Å². The van der Waals surface area contributed by atoms with Crippen LogP contribution in [-0.2, 0) is 0 Å². The van der Waals surface area contributed by atoms with Crippen molar-refractivity contribution in [3.8, 4) is 17.0 Å². The summed E-state index contributed by atoms with van der Waals surface area (Å²) in [5.74, 6) is 0.880. The molecule has 4 heterocycles. The zero-order chi connectivity index (χ0) is 24.7. The smallest absolute Gasteiger partial charge is 0.254 e. The Balaban J connectivity index is 1.47. The number of ether oxygens (including phenoxy) is 1. The summed E-state index contributed by atoms with van der Waals surface area (Å²) >= 11 is 1.75. The second-order valence-corrected chi connectivity index (χ2v) is 10.7. The molecule has 0 N–H and O–H groups in total. The van der Waals surface area contributed by atoms with Crippen LogP contribution in [0.5, 0.6) is 5.75 Å². The lowest BCUT2D eigenvalue weighted by Gasteiger charge is -2.36. The lowest BCUT2D eigenvalue weighted by molar-refractivity contribution is 0.0748. The van der Waals surface area contributed by atoms with E-state index in [2.05, 4.69) is 49.8 Å². The number of aryl methyl sites for hydroxylation is 2. The van der Waals surface area contributed by atoms with Gasteiger partial charge >= 0.3 is 0 Å². The highest BCUT2D eigenvalue weighted by atomic mass is 32.1. The van der Waals surface area contributed by atoms with E-state index in [1.165, 1.54) is 9.75 Å². The van der Waals surface area contributed by atoms with Gasteiger partial charge in [0.15, 0.2) is 5.65 Å². The van der Waals surface area contributed by atoms with Crippen LogP contribution in [0.15, 0.2) is 42.6 Å². The number of nitrogens with zero attached hydrogens (tertiary/aromatic N) is 5. The van der Waals surface area contributed by atoms with Crippen LogP contribution in [-0.4, -0.2) is 58.9 Å². The maximum absolute atomic E-state index is 13.8. The maximum Gasteiger partial charge on any atom is 0.254 e. The van der Waals surface area contributed by atoms with Gasteiger partial charge in [0.05, 0.1) is 30.0 Å². The molecule has 0 bridgehead atoms. The van der Waals surface area contributed by atoms with Crippen molar-refractivity contribution in [2.24, 2.45) is 0 Å². The molecule has 1 aromatic carbocycles. The molecule has 0 spiro atoms. The number of carbonyl (C=O) groups excluding carboxylic acids is 1. The Morgan fingerprint density at radius 2 is 1.86 bits per heavy atom. The summed E-state index contributed by atoms with van der Waals surface area (Å²) in [5, 5.41) is 5.39. The summed E-state index contributed by atoms with van der Waals surface area (Å²) in [7, 11) is 1.68. The summed E-state index contributed by atoms with van der Waals surface area (Å²) in [6.45, 7) is 11.2. The van der Waals surface area contributed by atoms with Gasteiger partial charge < -0.3 is 14.5 Å². The maximum atomic E-state index is 13.8. The molecule has 1 fully saturated rings. The van der Waals surface area contributed by atoms with Gasteiger partial charge in [-0.2, -0.15) is 5.10 Å². The molecule has 0 aliphatic carbocycles. The number of carbonyl (C=O) groups is 1. The molecule has 1 aliphatic heterocycles. The van der Waals surface area contributed by atoms with Crippen molar-refractivity contribution in [2.75, 3.05) is 38.2 Å². The van der Waals surface area contributed by atoms with Crippen molar-refractivity contribution in [2.45, 2.75) is 33.7 Å². The predicted molar refractivity (Wildman–Crippen MR) is 142 cm³/mol. The monoisotopic (exact) mass is 489 g/mol. The topological polar surface area (TPSA) is 63.5 Å². The van der Waals surface area contributed by atoms with Crippen LogP contribution < -0.4 is 9.64 Å². The number of rotatable bonds is 5. The van der Waals surface area contributed by atoms with Crippen LogP contribution in [0.2, 0.25) is 0 Å². The fraction of sp³-hybridized carbons (Fsp3) is 0.370. The molecule has 182 valence electrons. The molecule has 1 aliphatic rings. The third kappa shape index (κ3) is 4.38. The summed E-state index contributed by atoms with van der Waals surface area (Å²) in [5.41, 5.74) is 4.48. The highest BCUT2D eigenvalue weighted by Crippen LogP contribution is 2.33. The molecular weight excluding hydrogens is 458 g/mol. The Labute approximate surface area is 209 Å². The van der Waals surface area contributed by atoms with Gasteiger partial charge in [0, 0.05) is 59.3 Å². The third-order valence-corrected chi connectivity index (χ3v) is 7.55. The van der Waals surface area contributed by atoms with E-state index in [-0.39, 0.29) is 11.9 Å². The molecule has 35 heavy (non-hydrogen) atoms. The minimum absolute atomic E-state index is 0.0388. The van der Waals surface area contributed by atoms with Crippen LogP contribution in [0.4, 0.5) is 5.69 Å². The molecule has 0 unspecified atom stereocenters. The van der Waals surface area contributed by atoms with Crippen molar-refractivity contribution in [3.05, 3.63) is 57.9 Å². The first-order chi connectivity index (χ1) is 16.9. The fourth-order valence-corrected chi connectivity index (χ4v) is 5.67. The van der Waals surface area contributed by atoms with E-state index in [1.54, 1.807) is 24.6 Å². The Kier molecular flexibility index (Phi) is 6.23. The summed E-state index contributed by atoms with van der Waals surface area (Å²) < 4.78 is 7.28. The van der Waals surface area contributed by atoms with E-state index in [4.69, 9.17) is 9.72 Å². The molecule has 1 amide bonds. The first kappa shape index (κ1) is 23.4. The van der Waals surface area contributed by atoms with E-state index in [0.29, 0.717) is 18.7 Å². The number of methoxy groups -OCH3 is 1. The number of aromatic nitrogens is 3. The van der Waals surface area contributed by atoms with E-state index in [1.807, 2.05) is 33.8 Å². The fourth-order valence-electron chi connectivity index (χ4n) is 4.74. The molecule has 7 nitrogen and oxygen atoms in total. The lowest BCUT2D eigenvalue weighted by Crippen LogP contribution is -2.48. The van der Waals surface area contributed by atoms with E-state index < -0.39 is 0 Å². The summed E-state index contributed by atoms with van der Waals surface area (Å²) in [6.07, 6.45) is 1.79. The minimum Gasteiger partial charge on any atom is -0.497 e. The number of hydrogen-bond acceptors (Lipinski definition) is 6. The first-order valence-electron chi connectivity index (χ1n) is 12.0. The first-order valence-corrected chi connectivity index (χ1v) is 12.8. The van der Waals surface area contributed by atoms with Crippen molar-refractivity contribution in [3.63, 3.8) is 0 Å². The zero-order valence-electron chi connectivity index (χ0n) is 20.9. The third-order valence-electron chi connectivity index (χ3n) is 6.59. The molecule has 8 heteroatoms. The second kappa shape index (κ2) is 9.34. The standard InChI is InChI=1S/C27H31N5O2S/c1-17(2)32-26-24(16-28-32)23(15-25(29-26)22-13-18(3)35-19(22)4)27(33)31-11-9-30(10-12-31)20-7-6-8-21(14-20)34-5/h6-8,13-17H,9-12H2,1-5H3. The highest BCUT2D eigenvalue weighted by molar-refractivity contribution is 7.12. The molecule has 4 aromatic rings. The van der Waals surface area contributed by atoms with Gasteiger partial charge in [-0.1, -0.05) is 6.07 Å². The number of hydrogen-bond donors (Lipinski definition) is 0. The van der Waals surface area contributed by atoms with Crippen molar-refractivity contribution in [1.29, 1.82) is 0 Å². The second-order valence-electron chi connectivity index (χ2n) is 9.28. The Bertz CT molecular complexity index is 1380. The number of pyridine rings is 1. The van der Waals surface area contributed by atoms with Gasteiger partial charge in [0.1, 0.15) is 5.75 Å². The highest BCUT2D eigenvalue weighted by Gasteiger charge is 2.26. The number of piperazine rings is 1. The summed E-state index contributed by atoms with van der Waals surface area (Å²) in [4.78, 5) is 25.5. The number of amides is 1. The van der Waals surface area contributed by atoms with Crippen molar-refractivity contribution in [1.82, 2.24) is 19.7 Å². The Morgan fingerprint density at radius 3 is 2.51 bits per heavy atom. The average molecular weight is 490 g/mol.